The molecule has 0 spiro atoms. The number of carbonyl (C=O) groups excluding carboxylic acids is 2. The van der Waals surface area contributed by atoms with E-state index in [4.69, 9.17) is 5.73 Å². The molecule has 1 atom stereocenters. The Morgan fingerprint density at radius 1 is 1.25 bits per heavy atom. The standard InChI is InChI=1S/C15H19N3O2/c1-9(2)17-7-6-10(8-17)18-14(19)11-4-3-5-12(16)13(11)15(18)20/h3-5,9-10H,6-8,16H2,1-2H3. The SMILES string of the molecule is CC(C)N1CCC(N2C(=O)c3cccc(N)c3C2=O)C1. The normalized spacial score (nSPS) is 22.9. The van der Waals surface area contributed by atoms with Gasteiger partial charge in [-0.25, -0.2) is 0 Å². The highest BCUT2D eigenvalue weighted by Crippen LogP contribution is 2.31. The second kappa shape index (κ2) is 4.59. The Kier molecular flexibility index (Phi) is 3.01. The van der Waals surface area contributed by atoms with Gasteiger partial charge in [0, 0.05) is 24.8 Å². The Morgan fingerprint density at radius 3 is 2.60 bits per heavy atom. The van der Waals surface area contributed by atoms with Crippen molar-refractivity contribution < 1.29 is 9.59 Å². The van der Waals surface area contributed by atoms with Crippen LogP contribution in [-0.4, -0.2) is 46.8 Å². The highest BCUT2D eigenvalue weighted by molar-refractivity contribution is 6.23. The molecule has 1 unspecified atom stereocenters. The van der Waals surface area contributed by atoms with Gasteiger partial charge in [0.1, 0.15) is 0 Å². The van der Waals surface area contributed by atoms with E-state index < -0.39 is 0 Å². The molecule has 3 rings (SSSR count). The molecule has 2 N–H and O–H groups in total. The molecule has 0 saturated carbocycles. The number of nitrogens with two attached hydrogens (primary N) is 1. The van der Waals surface area contributed by atoms with Crippen molar-refractivity contribution in [3.05, 3.63) is 29.3 Å². The zero-order valence-electron chi connectivity index (χ0n) is 11.8. The van der Waals surface area contributed by atoms with Gasteiger partial charge in [0.15, 0.2) is 0 Å². The van der Waals surface area contributed by atoms with Crippen LogP contribution in [0.15, 0.2) is 18.2 Å². The van der Waals surface area contributed by atoms with Crippen LogP contribution < -0.4 is 5.73 Å². The molecule has 2 amide bonds. The summed E-state index contributed by atoms with van der Waals surface area (Å²) in [5, 5.41) is 0. The van der Waals surface area contributed by atoms with E-state index in [1.807, 2.05) is 0 Å². The Balaban J connectivity index is 1.90. The van der Waals surface area contributed by atoms with E-state index in [-0.39, 0.29) is 17.9 Å². The zero-order valence-corrected chi connectivity index (χ0v) is 11.8. The molecule has 0 bridgehead atoms. The summed E-state index contributed by atoms with van der Waals surface area (Å²) in [4.78, 5) is 28.6. The van der Waals surface area contributed by atoms with Gasteiger partial charge in [-0.3, -0.25) is 19.4 Å². The van der Waals surface area contributed by atoms with E-state index in [0.717, 1.165) is 19.5 Å². The molecule has 2 aliphatic rings. The summed E-state index contributed by atoms with van der Waals surface area (Å²) < 4.78 is 0. The molecule has 0 radical (unpaired) electrons. The fourth-order valence-electron chi connectivity index (χ4n) is 3.11. The second-order valence-electron chi connectivity index (χ2n) is 5.78. The molecule has 1 aromatic rings. The van der Waals surface area contributed by atoms with Crippen molar-refractivity contribution in [3.63, 3.8) is 0 Å². The lowest BCUT2D eigenvalue weighted by Crippen LogP contribution is -2.42. The number of likely N-dealkylation sites (tertiary alicyclic amines) is 1. The predicted molar refractivity (Wildman–Crippen MR) is 76.5 cm³/mol. The molecule has 1 saturated heterocycles. The minimum absolute atomic E-state index is 0.0378. The summed E-state index contributed by atoms with van der Waals surface area (Å²) in [6.07, 6.45) is 0.837. The first-order valence-electron chi connectivity index (χ1n) is 7.01. The number of fused-ring (bicyclic) bond motifs is 1. The molecule has 2 aliphatic heterocycles. The zero-order chi connectivity index (χ0) is 14.4. The summed E-state index contributed by atoms with van der Waals surface area (Å²) in [6, 6.07) is 5.46. The Morgan fingerprint density at radius 2 is 2.00 bits per heavy atom. The first kappa shape index (κ1) is 13.1. The summed E-state index contributed by atoms with van der Waals surface area (Å²) in [7, 11) is 0. The van der Waals surface area contributed by atoms with Crippen molar-refractivity contribution in [2.75, 3.05) is 18.8 Å². The van der Waals surface area contributed by atoms with E-state index in [1.54, 1.807) is 18.2 Å². The largest absolute Gasteiger partial charge is 0.398 e. The number of carbonyl (C=O) groups is 2. The van der Waals surface area contributed by atoms with E-state index in [1.165, 1.54) is 4.90 Å². The Bertz CT molecular complexity index is 582. The summed E-state index contributed by atoms with van der Waals surface area (Å²) in [6.45, 7) is 5.93. The van der Waals surface area contributed by atoms with Crippen molar-refractivity contribution in [2.45, 2.75) is 32.4 Å². The number of rotatable bonds is 2. The number of hydrogen-bond acceptors (Lipinski definition) is 4. The molecular formula is C15H19N3O2. The fourth-order valence-corrected chi connectivity index (χ4v) is 3.11. The third-order valence-electron chi connectivity index (χ3n) is 4.27. The number of hydrogen-bond donors (Lipinski definition) is 1. The highest BCUT2D eigenvalue weighted by atomic mass is 16.2. The summed E-state index contributed by atoms with van der Waals surface area (Å²) >= 11 is 0. The minimum atomic E-state index is -0.237. The van der Waals surface area contributed by atoms with Crippen LogP contribution in [0.2, 0.25) is 0 Å². The molecular weight excluding hydrogens is 254 g/mol. The van der Waals surface area contributed by atoms with E-state index in [2.05, 4.69) is 18.7 Å². The van der Waals surface area contributed by atoms with Gasteiger partial charge in [0.2, 0.25) is 0 Å². The molecule has 2 heterocycles. The van der Waals surface area contributed by atoms with Crippen LogP contribution in [-0.2, 0) is 0 Å². The van der Waals surface area contributed by atoms with Crippen molar-refractivity contribution in [1.82, 2.24) is 9.80 Å². The lowest BCUT2D eigenvalue weighted by molar-refractivity contribution is 0.0585. The smallest absolute Gasteiger partial charge is 0.263 e. The van der Waals surface area contributed by atoms with Crippen LogP contribution in [0.25, 0.3) is 0 Å². The van der Waals surface area contributed by atoms with Crippen LogP contribution in [0.3, 0.4) is 0 Å². The van der Waals surface area contributed by atoms with Gasteiger partial charge in [0.05, 0.1) is 17.2 Å². The van der Waals surface area contributed by atoms with Crippen molar-refractivity contribution in [2.24, 2.45) is 0 Å². The Hall–Kier alpha value is -1.88. The van der Waals surface area contributed by atoms with Gasteiger partial charge in [-0.05, 0) is 32.4 Å². The third kappa shape index (κ3) is 1.81. The van der Waals surface area contributed by atoms with Crippen LogP contribution in [0.1, 0.15) is 41.0 Å². The molecule has 0 aliphatic carbocycles. The summed E-state index contributed by atoms with van der Waals surface area (Å²) in [5.41, 5.74) is 7.06. The molecule has 106 valence electrons. The van der Waals surface area contributed by atoms with E-state index in [9.17, 15) is 9.59 Å². The summed E-state index contributed by atoms with van der Waals surface area (Å²) in [5.74, 6) is -0.438. The van der Waals surface area contributed by atoms with Crippen molar-refractivity contribution in [3.8, 4) is 0 Å². The van der Waals surface area contributed by atoms with Gasteiger partial charge >= 0.3 is 0 Å². The van der Waals surface area contributed by atoms with Gasteiger partial charge in [0.25, 0.3) is 11.8 Å². The van der Waals surface area contributed by atoms with Crippen molar-refractivity contribution >= 4 is 17.5 Å². The number of anilines is 1. The highest BCUT2D eigenvalue weighted by Gasteiger charge is 2.43. The number of imide groups is 1. The lowest BCUT2D eigenvalue weighted by Gasteiger charge is -2.24. The van der Waals surface area contributed by atoms with Crippen LogP contribution >= 0.6 is 0 Å². The monoisotopic (exact) mass is 273 g/mol. The molecule has 1 aromatic carbocycles. The second-order valence-corrected chi connectivity index (χ2v) is 5.78. The first-order valence-corrected chi connectivity index (χ1v) is 7.01. The quantitative estimate of drug-likeness (QED) is 0.652. The van der Waals surface area contributed by atoms with Crippen molar-refractivity contribution in [1.29, 1.82) is 0 Å². The van der Waals surface area contributed by atoms with Gasteiger partial charge in [-0.2, -0.15) is 0 Å². The maximum absolute atomic E-state index is 12.5. The average molecular weight is 273 g/mol. The number of nitrogen functional groups attached to an aromatic ring is 1. The molecule has 5 nitrogen and oxygen atoms in total. The van der Waals surface area contributed by atoms with Crippen LogP contribution in [0.4, 0.5) is 5.69 Å². The lowest BCUT2D eigenvalue weighted by atomic mass is 10.1. The minimum Gasteiger partial charge on any atom is -0.398 e. The van der Waals surface area contributed by atoms with E-state index in [0.29, 0.717) is 22.9 Å². The third-order valence-corrected chi connectivity index (χ3v) is 4.27. The van der Waals surface area contributed by atoms with Crippen LogP contribution in [0.5, 0.6) is 0 Å². The molecule has 5 heteroatoms. The molecule has 20 heavy (non-hydrogen) atoms. The number of nitrogens with zero attached hydrogens (tertiary/aromatic N) is 2. The Labute approximate surface area is 118 Å². The first-order chi connectivity index (χ1) is 9.50. The fraction of sp³-hybridized carbons (Fsp3) is 0.467. The topological polar surface area (TPSA) is 66.6 Å². The van der Waals surface area contributed by atoms with Gasteiger partial charge in [-0.15, -0.1) is 0 Å². The van der Waals surface area contributed by atoms with Gasteiger partial charge < -0.3 is 5.73 Å². The average Bonchev–Trinajstić information content (AvgIpc) is 2.95. The maximum Gasteiger partial charge on any atom is 0.263 e. The maximum atomic E-state index is 12.5. The molecule has 0 aromatic heterocycles. The molecule has 1 fully saturated rings. The number of amides is 2. The van der Waals surface area contributed by atoms with Crippen LogP contribution in [0, 0.1) is 0 Å². The van der Waals surface area contributed by atoms with Gasteiger partial charge in [-0.1, -0.05) is 6.07 Å². The van der Waals surface area contributed by atoms with E-state index >= 15 is 0 Å². The number of benzene rings is 1. The predicted octanol–water partition coefficient (Wildman–Crippen LogP) is 1.35.